The first kappa shape index (κ1) is 14.7. The Morgan fingerprint density at radius 1 is 1.14 bits per heavy atom. The van der Waals surface area contributed by atoms with Crippen LogP contribution < -0.4 is 5.32 Å². The van der Waals surface area contributed by atoms with Gasteiger partial charge >= 0.3 is 6.18 Å². The number of nitrogens with zero attached hydrogens (tertiary/aromatic N) is 1. The van der Waals surface area contributed by atoms with E-state index in [1.54, 1.807) is 18.2 Å². The number of alkyl halides is 3. The minimum atomic E-state index is -4.55. The second-order valence-electron chi connectivity index (χ2n) is 4.39. The number of benzene rings is 2. The van der Waals surface area contributed by atoms with Gasteiger partial charge in [0.15, 0.2) is 0 Å². The molecule has 0 aliphatic heterocycles. The predicted octanol–water partition coefficient (Wildman–Crippen LogP) is 3.89. The van der Waals surface area contributed by atoms with Crippen molar-refractivity contribution >= 4 is 5.69 Å². The first-order valence-corrected chi connectivity index (χ1v) is 6.03. The Balaban J connectivity index is 2.26. The first-order chi connectivity index (χ1) is 9.90. The van der Waals surface area contributed by atoms with Crippen molar-refractivity contribution in [2.24, 2.45) is 0 Å². The molecule has 0 fully saturated rings. The van der Waals surface area contributed by atoms with E-state index in [-0.39, 0.29) is 23.5 Å². The van der Waals surface area contributed by atoms with Gasteiger partial charge in [-0.25, -0.2) is 0 Å². The van der Waals surface area contributed by atoms with Gasteiger partial charge in [-0.1, -0.05) is 12.1 Å². The van der Waals surface area contributed by atoms with Gasteiger partial charge < -0.3 is 10.4 Å². The number of phenolic OH excluding ortho intramolecular Hbond substituents is 1. The molecule has 21 heavy (non-hydrogen) atoms. The smallest absolute Gasteiger partial charge is 0.418 e. The molecule has 6 heteroatoms. The van der Waals surface area contributed by atoms with Gasteiger partial charge in [0.25, 0.3) is 0 Å². The van der Waals surface area contributed by atoms with Crippen molar-refractivity contribution in [3.05, 3.63) is 59.2 Å². The van der Waals surface area contributed by atoms with Crippen LogP contribution in [0.1, 0.15) is 16.7 Å². The zero-order valence-corrected chi connectivity index (χ0v) is 10.8. The van der Waals surface area contributed by atoms with Gasteiger partial charge in [0.05, 0.1) is 17.2 Å². The molecule has 2 rings (SSSR count). The largest absolute Gasteiger partial charge is 0.508 e. The molecule has 0 unspecified atom stereocenters. The van der Waals surface area contributed by atoms with Crippen molar-refractivity contribution in [1.82, 2.24) is 0 Å². The highest BCUT2D eigenvalue weighted by atomic mass is 19.4. The van der Waals surface area contributed by atoms with Crippen LogP contribution in [-0.4, -0.2) is 5.11 Å². The highest BCUT2D eigenvalue weighted by molar-refractivity contribution is 5.56. The second-order valence-corrected chi connectivity index (χ2v) is 4.39. The van der Waals surface area contributed by atoms with Gasteiger partial charge in [0.2, 0.25) is 0 Å². The van der Waals surface area contributed by atoms with Crippen molar-refractivity contribution < 1.29 is 18.3 Å². The lowest BCUT2D eigenvalue weighted by Crippen LogP contribution is -2.11. The lowest BCUT2D eigenvalue weighted by molar-refractivity contribution is -0.137. The predicted molar refractivity (Wildman–Crippen MR) is 71.6 cm³/mol. The van der Waals surface area contributed by atoms with Gasteiger partial charge in [-0.05, 0) is 35.9 Å². The van der Waals surface area contributed by atoms with E-state index in [0.717, 1.165) is 6.07 Å². The summed E-state index contributed by atoms with van der Waals surface area (Å²) in [5.41, 5.74) is -0.399. The fraction of sp³-hybridized carbons (Fsp3) is 0.133. The molecule has 0 amide bonds. The Hall–Kier alpha value is -2.68. The van der Waals surface area contributed by atoms with Crippen molar-refractivity contribution in [1.29, 1.82) is 5.26 Å². The Bertz CT molecular complexity index is 690. The van der Waals surface area contributed by atoms with Crippen LogP contribution in [0.3, 0.4) is 0 Å². The van der Waals surface area contributed by atoms with Gasteiger partial charge in [-0.15, -0.1) is 0 Å². The number of nitrogens with one attached hydrogen (secondary N) is 1. The molecular weight excluding hydrogens is 281 g/mol. The molecule has 108 valence electrons. The Labute approximate surface area is 119 Å². The SMILES string of the molecule is N#Cc1ccc(NCc2cccc(O)c2)c(C(F)(F)F)c1. The molecule has 0 aromatic heterocycles. The molecule has 0 saturated heterocycles. The molecule has 0 radical (unpaired) electrons. The van der Waals surface area contributed by atoms with Gasteiger partial charge in [0, 0.05) is 12.2 Å². The summed E-state index contributed by atoms with van der Waals surface area (Å²) in [6, 6.07) is 11.3. The Kier molecular flexibility index (Phi) is 4.03. The molecule has 0 spiro atoms. The van der Waals surface area contributed by atoms with Crippen LogP contribution in [-0.2, 0) is 12.7 Å². The number of hydrogen-bond donors (Lipinski definition) is 2. The zero-order chi connectivity index (χ0) is 15.5. The van der Waals surface area contributed by atoms with Crippen LogP contribution in [0.5, 0.6) is 5.75 Å². The molecule has 3 nitrogen and oxygen atoms in total. The van der Waals surface area contributed by atoms with E-state index in [9.17, 15) is 18.3 Å². The number of nitriles is 1. The average Bonchev–Trinajstić information content (AvgIpc) is 2.44. The average molecular weight is 292 g/mol. The third kappa shape index (κ3) is 3.66. The number of aromatic hydroxyl groups is 1. The van der Waals surface area contributed by atoms with Crippen LogP contribution in [0, 0.1) is 11.3 Å². The van der Waals surface area contributed by atoms with Crippen LogP contribution in [0.25, 0.3) is 0 Å². The molecule has 2 N–H and O–H groups in total. The number of anilines is 1. The molecule has 2 aromatic carbocycles. The summed E-state index contributed by atoms with van der Waals surface area (Å²) in [6.45, 7) is 0.128. The standard InChI is InChI=1S/C15H11F3N2O/c16-15(17,18)13-7-10(8-19)4-5-14(13)20-9-11-2-1-3-12(21)6-11/h1-7,20-21H,9H2. The summed E-state index contributed by atoms with van der Waals surface area (Å²) in [4.78, 5) is 0. The third-order valence-electron chi connectivity index (χ3n) is 2.85. The van der Waals surface area contributed by atoms with E-state index in [1.807, 2.05) is 0 Å². The van der Waals surface area contributed by atoms with E-state index < -0.39 is 11.7 Å². The molecule has 0 bridgehead atoms. The zero-order valence-electron chi connectivity index (χ0n) is 10.8. The van der Waals surface area contributed by atoms with Crippen LogP contribution >= 0.6 is 0 Å². The third-order valence-corrected chi connectivity index (χ3v) is 2.85. The van der Waals surface area contributed by atoms with Crippen LogP contribution in [0.2, 0.25) is 0 Å². The summed E-state index contributed by atoms with van der Waals surface area (Å²) in [6.07, 6.45) is -4.55. The number of halogens is 3. The molecular formula is C15H11F3N2O. The van der Waals surface area contributed by atoms with Crippen molar-refractivity contribution in [2.45, 2.75) is 12.7 Å². The summed E-state index contributed by atoms with van der Waals surface area (Å²) >= 11 is 0. The molecule has 0 aliphatic rings. The lowest BCUT2D eigenvalue weighted by Gasteiger charge is -2.15. The van der Waals surface area contributed by atoms with Crippen molar-refractivity contribution in [3.63, 3.8) is 0 Å². The van der Waals surface area contributed by atoms with E-state index in [0.29, 0.717) is 5.56 Å². The Morgan fingerprint density at radius 2 is 1.90 bits per heavy atom. The van der Waals surface area contributed by atoms with E-state index in [2.05, 4.69) is 5.32 Å². The van der Waals surface area contributed by atoms with Gasteiger partial charge in [-0.2, -0.15) is 18.4 Å². The maximum atomic E-state index is 13.0. The number of rotatable bonds is 3. The van der Waals surface area contributed by atoms with E-state index >= 15 is 0 Å². The fourth-order valence-electron chi connectivity index (χ4n) is 1.87. The summed E-state index contributed by atoms with van der Waals surface area (Å²) in [5.74, 6) is 0.0465. The minimum absolute atomic E-state index is 0.0465. The number of phenols is 1. The van der Waals surface area contributed by atoms with Crippen LogP contribution in [0.4, 0.5) is 18.9 Å². The van der Waals surface area contributed by atoms with E-state index in [1.165, 1.54) is 24.3 Å². The Morgan fingerprint density at radius 3 is 2.52 bits per heavy atom. The summed E-state index contributed by atoms with van der Waals surface area (Å²) in [5, 5.41) is 20.7. The maximum absolute atomic E-state index is 13.0. The molecule has 0 heterocycles. The fourth-order valence-corrected chi connectivity index (χ4v) is 1.87. The quantitative estimate of drug-likeness (QED) is 0.902. The van der Waals surface area contributed by atoms with Crippen molar-refractivity contribution in [2.75, 3.05) is 5.32 Å². The normalized spacial score (nSPS) is 11.0. The second kappa shape index (κ2) is 5.75. The van der Waals surface area contributed by atoms with Crippen molar-refractivity contribution in [3.8, 4) is 11.8 Å². The van der Waals surface area contributed by atoms with Crippen LogP contribution in [0.15, 0.2) is 42.5 Å². The summed E-state index contributed by atoms with van der Waals surface area (Å²) in [7, 11) is 0. The highest BCUT2D eigenvalue weighted by Gasteiger charge is 2.33. The number of hydrogen-bond acceptors (Lipinski definition) is 3. The minimum Gasteiger partial charge on any atom is -0.508 e. The summed E-state index contributed by atoms with van der Waals surface area (Å²) < 4.78 is 38.9. The topological polar surface area (TPSA) is 56.0 Å². The first-order valence-electron chi connectivity index (χ1n) is 6.03. The molecule has 0 atom stereocenters. The molecule has 0 saturated carbocycles. The monoisotopic (exact) mass is 292 g/mol. The molecule has 2 aromatic rings. The van der Waals surface area contributed by atoms with E-state index in [4.69, 9.17) is 5.26 Å². The molecule has 0 aliphatic carbocycles. The maximum Gasteiger partial charge on any atom is 0.418 e. The highest BCUT2D eigenvalue weighted by Crippen LogP contribution is 2.35. The van der Waals surface area contributed by atoms with Gasteiger partial charge in [-0.3, -0.25) is 0 Å². The van der Waals surface area contributed by atoms with Gasteiger partial charge in [0.1, 0.15) is 5.75 Å². The lowest BCUT2D eigenvalue weighted by atomic mass is 10.1.